The summed E-state index contributed by atoms with van der Waals surface area (Å²) in [4.78, 5) is 29.0. The van der Waals surface area contributed by atoms with E-state index in [2.05, 4.69) is 5.32 Å². The molecule has 3 aromatic rings. The van der Waals surface area contributed by atoms with Gasteiger partial charge >= 0.3 is 0 Å². The molecule has 220 valence electrons. The summed E-state index contributed by atoms with van der Waals surface area (Å²) in [5, 5.41) is 3.60. The van der Waals surface area contributed by atoms with Crippen LogP contribution in [0.25, 0.3) is 0 Å². The molecule has 1 atom stereocenters. The molecule has 0 saturated heterocycles. The fraction of sp³-hybridized carbons (Fsp3) is 0.355. The summed E-state index contributed by atoms with van der Waals surface area (Å²) in [5.74, 6) is -0.619. The molecule has 0 aliphatic rings. The van der Waals surface area contributed by atoms with Crippen molar-refractivity contribution in [1.82, 2.24) is 10.2 Å². The van der Waals surface area contributed by atoms with Crippen LogP contribution in [0, 0.1) is 19.8 Å². The lowest BCUT2D eigenvalue weighted by Crippen LogP contribution is -2.52. The molecule has 7 nitrogen and oxygen atoms in total. The van der Waals surface area contributed by atoms with E-state index in [1.54, 1.807) is 61.5 Å². The van der Waals surface area contributed by atoms with Crippen LogP contribution in [0.1, 0.15) is 43.9 Å². The molecule has 0 spiro atoms. The second-order valence-corrected chi connectivity index (χ2v) is 13.1. The predicted molar refractivity (Wildman–Crippen MR) is 166 cm³/mol. The van der Waals surface area contributed by atoms with Crippen LogP contribution in [0.2, 0.25) is 10.0 Å². The van der Waals surface area contributed by atoms with E-state index in [-0.39, 0.29) is 23.3 Å². The Morgan fingerprint density at radius 2 is 1.59 bits per heavy atom. The van der Waals surface area contributed by atoms with Crippen LogP contribution >= 0.6 is 23.2 Å². The standard InChI is InChI=1S/C31H37Cl2N3O4S/c1-6-28(31(38)34-18-21(2)3)35(19-24-13-16-26(32)27(33)17-24)30(37)20-36(29-10-8-7-9-23(29)5)41(39,40)25-14-11-22(4)12-15-25/h7-17,21,28H,6,18-20H2,1-5H3,(H,34,38)/t28-/m1/s1. The predicted octanol–water partition coefficient (Wildman–Crippen LogP) is 6.39. The number of hydrogen-bond acceptors (Lipinski definition) is 4. The number of hydrogen-bond donors (Lipinski definition) is 1. The topological polar surface area (TPSA) is 86.8 Å². The molecule has 3 rings (SSSR count). The summed E-state index contributed by atoms with van der Waals surface area (Å²) in [6, 6.07) is 17.7. The van der Waals surface area contributed by atoms with Gasteiger partial charge in [-0.3, -0.25) is 13.9 Å². The summed E-state index contributed by atoms with van der Waals surface area (Å²) < 4.78 is 29.1. The highest BCUT2D eigenvalue weighted by Crippen LogP contribution is 2.28. The molecular formula is C31H37Cl2N3O4S. The molecular weight excluding hydrogens is 581 g/mol. The van der Waals surface area contributed by atoms with Crippen LogP contribution < -0.4 is 9.62 Å². The number of anilines is 1. The highest BCUT2D eigenvalue weighted by atomic mass is 35.5. The van der Waals surface area contributed by atoms with Crippen molar-refractivity contribution in [3.8, 4) is 0 Å². The number of sulfonamides is 1. The minimum absolute atomic E-state index is 0.0372. The third kappa shape index (κ3) is 8.24. The molecule has 1 N–H and O–H groups in total. The van der Waals surface area contributed by atoms with Gasteiger partial charge in [-0.1, -0.05) is 85.9 Å². The van der Waals surface area contributed by atoms with Crippen molar-refractivity contribution in [2.45, 2.75) is 58.5 Å². The van der Waals surface area contributed by atoms with E-state index in [1.807, 2.05) is 27.7 Å². The average Bonchev–Trinajstić information content (AvgIpc) is 2.93. The summed E-state index contributed by atoms with van der Waals surface area (Å²) in [5.41, 5.74) is 2.64. The Balaban J connectivity index is 2.07. The Kier molecular flexibility index (Phi) is 11.2. The largest absolute Gasteiger partial charge is 0.354 e. The Labute approximate surface area is 253 Å². The molecule has 0 fully saturated rings. The molecule has 0 bridgehead atoms. The molecule has 0 heterocycles. The SMILES string of the molecule is CC[C@H](C(=O)NCC(C)C)N(Cc1ccc(Cl)c(Cl)c1)C(=O)CN(c1ccccc1C)S(=O)(=O)c1ccc(C)cc1. The van der Waals surface area contributed by atoms with Gasteiger partial charge in [-0.25, -0.2) is 8.42 Å². The molecule has 41 heavy (non-hydrogen) atoms. The number of nitrogens with one attached hydrogen (secondary N) is 1. The number of benzene rings is 3. The maximum Gasteiger partial charge on any atom is 0.264 e. The van der Waals surface area contributed by atoms with Crippen LogP contribution in [0.3, 0.4) is 0 Å². The fourth-order valence-electron chi connectivity index (χ4n) is 4.37. The van der Waals surface area contributed by atoms with Crippen LogP contribution in [0.15, 0.2) is 71.6 Å². The van der Waals surface area contributed by atoms with Gasteiger partial charge in [-0.2, -0.15) is 0 Å². The number of halogens is 2. The fourth-order valence-corrected chi connectivity index (χ4v) is 6.17. The lowest BCUT2D eigenvalue weighted by Gasteiger charge is -2.33. The highest BCUT2D eigenvalue weighted by Gasteiger charge is 2.34. The van der Waals surface area contributed by atoms with Crippen molar-refractivity contribution in [2.75, 3.05) is 17.4 Å². The Bertz CT molecular complexity index is 1480. The van der Waals surface area contributed by atoms with Crippen molar-refractivity contribution >= 4 is 50.7 Å². The van der Waals surface area contributed by atoms with Gasteiger partial charge < -0.3 is 10.2 Å². The van der Waals surface area contributed by atoms with Gasteiger partial charge in [0.1, 0.15) is 12.6 Å². The second-order valence-electron chi connectivity index (χ2n) is 10.4. The molecule has 0 aliphatic carbocycles. The summed E-state index contributed by atoms with van der Waals surface area (Å²) >= 11 is 12.4. The average molecular weight is 619 g/mol. The van der Waals surface area contributed by atoms with Crippen molar-refractivity contribution in [3.63, 3.8) is 0 Å². The van der Waals surface area contributed by atoms with E-state index in [0.717, 1.165) is 9.87 Å². The van der Waals surface area contributed by atoms with Crippen LogP contribution in [-0.4, -0.2) is 44.3 Å². The van der Waals surface area contributed by atoms with E-state index in [0.29, 0.717) is 39.8 Å². The third-order valence-corrected chi connectivity index (χ3v) is 9.19. The number of rotatable bonds is 12. The van der Waals surface area contributed by atoms with Crippen molar-refractivity contribution in [2.24, 2.45) is 5.92 Å². The molecule has 0 aromatic heterocycles. The number of carbonyl (C=O) groups is 2. The summed E-state index contributed by atoms with van der Waals surface area (Å²) in [6.07, 6.45) is 0.325. The van der Waals surface area contributed by atoms with Crippen molar-refractivity contribution in [1.29, 1.82) is 0 Å². The maximum atomic E-state index is 14.2. The monoisotopic (exact) mass is 617 g/mol. The van der Waals surface area contributed by atoms with E-state index >= 15 is 0 Å². The number of nitrogens with zero attached hydrogens (tertiary/aromatic N) is 2. The number of aryl methyl sites for hydroxylation is 2. The lowest BCUT2D eigenvalue weighted by atomic mass is 10.1. The van der Waals surface area contributed by atoms with E-state index in [4.69, 9.17) is 23.2 Å². The van der Waals surface area contributed by atoms with Crippen molar-refractivity contribution in [3.05, 3.63) is 93.5 Å². The first-order valence-corrected chi connectivity index (χ1v) is 15.7. The third-order valence-electron chi connectivity index (χ3n) is 6.68. The summed E-state index contributed by atoms with van der Waals surface area (Å²) in [7, 11) is -4.13. The van der Waals surface area contributed by atoms with E-state index in [9.17, 15) is 18.0 Å². The van der Waals surface area contributed by atoms with Gasteiger partial charge in [0.15, 0.2) is 0 Å². The quantitative estimate of drug-likeness (QED) is 0.255. The van der Waals surface area contributed by atoms with Gasteiger partial charge in [0.2, 0.25) is 11.8 Å². The van der Waals surface area contributed by atoms with Crippen LogP contribution in [0.5, 0.6) is 0 Å². The molecule has 2 amide bonds. The smallest absolute Gasteiger partial charge is 0.264 e. The van der Waals surface area contributed by atoms with Crippen LogP contribution in [0.4, 0.5) is 5.69 Å². The van der Waals surface area contributed by atoms with Gasteiger partial charge in [0.25, 0.3) is 10.0 Å². The van der Waals surface area contributed by atoms with Gasteiger partial charge in [-0.05, 0) is 67.6 Å². The van der Waals surface area contributed by atoms with Crippen molar-refractivity contribution < 1.29 is 18.0 Å². The Morgan fingerprint density at radius 1 is 0.927 bits per heavy atom. The molecule has 0 saturated carbocycles. The van der Waals surface area contributed by atoms with E-state index < -0.39 is 28.5 Å². The zero-order valence-corrected chi connectivity index (χ0v) is 26.4. The number of carbonyl (C=O) groups excluding carboxylic acids is 2. The number of amides is 2. The zero-order valence-electron chi connectivity index (χ0n) is 24.0. The van der Waals surface area contributed by atoms with Gasteiger partial charge in [0, 0.05) is 13.1 Å². The zero-order chi connectivity index (χ0) is 30.3. The first-order valence-electron chi connectivity index (χ1n) is 13.5. The highest BCUT2D eigenvalue weighted by molar-refractivity contribution is 7.92. The van der Waals surface area contributed by atoms with Crippen LogP contribution in [-0.2, 0) is 26.2 Å². The lowest BCUT2D eigenvalue weighted by molar-refractivity contribution is -0.140. The minimum Gasteiger partial charge on any atom is -0.354 e. The molecule has 0 radical (unpaired) electrons. The first kappa shape index (κ1) is 32.4. The Hall–Kier alpha value is -3.07. The minimum atomic E-state index is -4.13. The maximum absolute atomic E-state index is 14.2. The number of para-hydroxylation sites is 1. The first-order chi connectivity index (χ1) is 19.3. The normalized spacial score (nSPS) is 12.2. The second kappa shape index (κ2) is 14.2. The summed E-state index contributed by atoms with van der Waals surface area (Å²) in [6.45, 7) is 9.42. The molecule has 3 aromatic carbocycles. The van der Waals surface area contributed by atoms with Gasteiger partial charge in [-0.15, -0.1) is 0 Å². The molecule has 0 aliphatic heterocycles. The molecule has 0 unspecified atom stereocenters. The molecule has 10 heteroatoms. The van der Waals surface area contributed by atoms with Gasteiger partial charge in [0.05, 0.1) is 20.6 Å². The van der Waals surface area contributed by atoms with E-state index in [1.165, 1.54) is 17.0 Å². The Morgan fingerprint density at radius 3 is 2.17 bits per heavy atom.